The van der Waals surface area contributed by atoms with Crippen LogP contribution in [0.1, 0.15) is 18.6 Å². The zero-order valence-electron chi connectivity index (χ0n) is 15.7. The number of aliphatic hydroxyl groups excluding tert-OH is 1. The van der Waals surface area contributed by atoms with Crippen LogP contribution in [0.4, 0.5) is 0 Å². The van der Waals surface area contributed by atoms with Gasteiger partial charge in [0.05, 0.1) is 19.8 Å². The number of β-amino-alcohol motifs (C(OH)–C–C–N with tert-alkyl or cyclic N) is 1. The Morgan fingerprint density at radius 2 is 1.81 bits per heavy atom. The molecular weight excluding hydrogens is 410 g/mol. The Balaban J connectivity index is 1.53. The maximum atomic E-state index is 10.4. The van der Waals surface area contributed by atoms with Gasteiger partial charge in [0.25, 0.3) is 0 Å². The number of hydrogen-bond donors (Lipinski definition) is 1. The van der Waals surface area contributed by atoms with Gasteiger partial charge in [0.2, 0.25) is 0 Å². The minimum atomic E-state index is -0.571. The summed E-state index contributed by atoms with van der Waals surface area (Å²) in [7, 11) is 1.63. The van der Waals surface area contributed by atoms with Crippen molar-refractivity contribution >= 4 is 15.9 Å². The Labute approximate surface area is 169 Å². The zero-order valence-corrected chi connectivity index (χ0v) is 17.3. The van der Waals surface area contributed by atoms with Crippen LogP contribution in [0.2, 0.25) is 0 Å². The third-order valence-electron chi connectivity index (χ3n) is 4.84. The van der Waals surface area contributed by atoms with Gasteiger partial charge in [-0.25, -0.2) is 0 Å². The molecule has 27 heavy (non-hydrogen) atoms. The molecule has 1 heterocycles. The third-order valence-corrected chi connectivity index (χ3v) is 5.36. The van der Waals surface area contributed by atoms with E-state index in [1.54, 1.807) is 7.11 Å². The van der Waals surface area contributed by atoms with Crippen LogP contribution in [0.25, 0.3) is 0 Å². The first-order valence-corrected chi connectivity index (χ1v) is 9.92. The fourth-order valence-corrected chi connectivity index (χ4v) is 3.57. The van der Waals surface area contributed by atoms with Crippen molar-refractivity contribution in [3.05, 3.63) is 58.6 Å². The van der Waals surface area contributed by atoms with Crippen LogP contribution < -0.4 is 9.47 Å². The first-order valence-electron chi connectivity index (χ1n) is 9.13. The summed E-state index contributed by atoms with van der Waals surface area (Å²) in [6, 6.07) is 15.8. The monoisotopic (exact) mass is 435 g/mol. The Morgan fingerprint density at radius 1 is 1.15 bits per heavy atom. The van der Waals surface area contributed by atoms with Gasteiger partial charge in [0.1, 0.15) is 24.2 Å². The second kappa shape index (κ2) is 9.55. The lowest BCUT2D eigenvalue weighted by molar-refractivity contribution is -0.0804. The second-order valence-corrected chi connectivity index (χ2v) is 7.63. The zero-order chi connectivity index (χ0) is 19.2. The highest BCUT2D eigenvalue weighted by Gasteiger charge is 2.31. The lowest BCUT2D eigenvalue weighted by Gasteiger charge is -2.40. The van der Waals surface area contributed by atoms with Crippen molar-refractivity contribution in [2.45, 2.75) is 25.2 Å². The lowest BCUT2D eigenvalue weighted by Crippen LogP contribution is -2.49. The topological polar surface area (TPSA) is 51.2 Å². The molecule has 3 rings (SSSR count). The second-order valence-electron chi connectivity index (χ2n) is 6.72. The number of ether oxygens (including phenoxy) is 3. The Bertz CT molecular complexity index is 707. The smallest absolute Gasteiger partial charge is 0.119 e. The van der Waals surface area contributed by atoms with E-state index in [1.165, 1.54) is 0 Å². The molecule has 0 amide bonds. The van der Waals surface area contributed by atoms with Gasteiger partial charge in [-0.1, -0.05) is 28.1 Å². The van der Waals surface area contributed by atoms with Crippen LogP contribution >= 0.6 is 15.9 Å². The number of halogens is 1. The first kappa shape index (κ1) is 20.1. The molecule has 0 saturated carbocycles. The fourth-order valence-electron chi connectivity index (χ4n) is 3.30. The summed E-state index contributed by atoms with van der Waals surface area (Å²) in [5, 5.41) is 10.4. The van der Waals surface area contributed by atoms with Gasteiger partial charge in [-0.3, -0.25) is 4.90 Å². The first-order chi connectivity index (χ1) is 13.1. The SMILES string of the molecule is COc1ccc(OCC(O)CN2CCOC(c3ccc(Br)cc3)C2C)cc1. The predicted molar refractivity (Wildman–Crippen MR) is 108 cm³/mol. The van der Waals surface area contributed by atoms with Crippen molar-refractivity contribution < 1.29 is 19.3 Å². The van der Waals surface area contributed by atoms with E-state index in [0.29, 0.717) is 13.2 Å². The van der Waals surface area contributed by atoms with Crippen LogP contribution in [0, 0.1) is 0 Å². The highest BCUT2D eigenvalue weighted by atomic mass is 79.9. The number of aliphatic hydroxyl groups is 1. The summed E-state index contributed by atoms with van der Waals surface area (Å²) in [6.07, 6.45) is -0.570. The van der Waals surface area contributed by atoms with Crippen LogP contribution in [-0.4, -0.2) is 55.6 Å². The van der Waals surface area contributed by atoms with Crippen LogP contribution in [0.3, 0.4) is 0 Å². The quantitative estimate of drug-likeness (QED) is 0.718. The number of hydrogen-bond acceptors (Lipinski definition) is 5. The predicted octanol–water partition coefficient (Wildman–Crippen LogP) is 3.66. The summed E-state index contributed by atoms with van der Waals surface area (Å²) in [5.74, 6) is 1.50. The number of methoxy groups -OCH3 is 1. The molecule has 3 unspecified atom stereocenters. The summed E-state index contributed by atoms with van der Waals surface area (Å²) < 4.78 is 17.9. The van der Waals surface area contributed by atoms with E-state index in [-0.39, 0.29) is 18.8 Å². The molecular formula is C21H26BrNO4. The Morgan fingerprint density at radius 3 is 2.48 bits per heavy atom. The third kappa shape index (κ3) is 5.45. The van der Waals surface area contributed by atoms with E-state index in [1.807, 2.05) is 36.4 Å². The van der Waals surface area contributed by atoms with E-state index in [9.17, 15) is 5.11 Å². The largest absolute Gasteiger partial charge is 0.497 e. The minimum absolute atomic E-state index is 0.00144. The van der Waals surface area contributed by atoms with Gasteiger partial charge in [0, 0.05) is 23.6 Å². The van der Waals surface area contributed by atoms with E-state index in [2.05, 4.69) is 39.9 Å². The van der Waals surface area contributed by atoms with Crippen molar-refractivity contribution in [2.75, 3.05) is 33.4 Å². The minimum Gasteiger partial charge on any atom is -0.497 e. The van der Waals surface area contributed by atoms with Gasteiger partial charge in [-0.2, -0.15) is 0 Å². The van der Waals surface area contributed by atoms with Crippen molar-refractivity contribution in [2.24, 2.45) is 0 Å². The van der Waals surface area contributed by atoms with Crippen LogP contribution in [0.15, 0.2) is 53.0 Å². The van der Waals surface area contributed by atoms with E-state index in [4.69, 9.17) is 14.2 Å². The van der Waals surface area contributed by atoms with Crippen molar-refractivity contribution in [1.82, 2.24) is 4.90 Å². The molecule has 5 nitrogen and oxygen atoms in total. The average Bonchev–Trinajstić information content (AvgIpc) is 2.69. The molecule has 0 aromatic heterocycles. The van der Waals surface area contributed by atoms with E-state index in [0.717, 1.165) is 28.1 Å². The van der Waals surface area contributed by atoms with E-state index < -0.39 is 6.10 Å². The highest BCUT2D eigenvalue weighted by molar-refractivity contribution is 9.10. The summed E-state index contributed by atoms with van der Waals surface area (Å²) >= 11 is 3.47. The molecule has 0 aliphatic carbocycles. The lowest BCUT2D eigenvalue weighted by atomic mass is 10.0. The number of rotatable bonds is 7. The van der Waals surface area contributed by atoms with Crippen molar-refractivity contribution in [1.29, 1.82) is 0 Å². The molecule has 2 aromatic carbocycles. The molecule has 1 N–H and O–H groups in total. The maximum absolute atomic E-state index is 10.4. The van der Waals surface area contributed by atoms with Crippen LogP contribution in [-0.2, 0) is 4.74 Å². The van der Waals surface area contributed by atoms with Gasteiger partial charge in [-0.05, 0) is 48.9 Å². The van der Waals surface area contributed by atoms with Gasteiger partial charge in [-0.15, -0.1) is 0 Å². The molecule has 0 radical (unpaired) electrons. The molecule has 146 valence electrons. The van der Waals surface area contributed by atoms with Crippen molar-refractivity contribution in [3.63, 3.8) is 0 Å². The molecule has 3 atom stereocenters. The summed E-state index contributed by atoms with van der Waals surface area (Å²) in [5.41, 5.74) is 1.15. The highest BCUT2D eigenvalue weighted by Crippen LogP contribution is 2.29. The van der Waals surface area contributed by atoms with Crippen molar-refractivity contribution in [3.8, 4) is 11.5 Å². The molecule has 6 heteroatoms. The van der Waals surface area contributed by atoms with Gasteiger partial charge in [0.15, 0.2) is 0 Å². The molecule has 1 saturated heterocycles. The van der Waals surface area contributed by atoms with E-state index >= 15 is 0 Å². The average molecular weight is 436 g/mol. The molecule has 0 spiro atoms. The molecule has 0 bridgehead atoms. The molecule has 2 aromatic rings. The normalized spacial score (nSPS) is 21.6. The number of nitrogens with zero attached hydrogens (tertiary/aromatic N) is 1. The number of morpholine rings is 1. The molecule has 1 aliphatic heterocycles. The van der Waals surface area contributed by atoms with Crippen LogP contribution in [0.5, 0.6) is 11.5 Å². The fraction of sp³-hybridized carbons (Fsp3) is 0.429. The van der Waals surface area contributed by atoms with Gasteiger partial charge < -0.3 is 19.3 Å². The molecule has 1 fully saturated rings. The molecule has 1 aliphatic rings. The maximum Gasteiger partial charge on any atom is 0.119 e. The summed E-state index contributed by atoms with van der Waals surface area (Å²) in [6.45, 7) is 4.39. The Kier molecular flexibility index (Phi) is 7.13. The standard InChI is InChI=1S/C21H26BrNO4/c1-15-21(16-3-5-17(22)6-4-16)26-12-11-23(15)13-18(24)14-27-20-9-7-19(25-2)8-10-20/h3-10,15,18,21,24H,11-14H2,1-2H3. The Hall–Kier alpha value is -1.60. The summed E-state index contributed by atoms with van der Waals surface area (Å²) in [4.78, 5) is 2.26. The number of benzene rings is 2. The van der Waals surface area contributed by atoms with Gasteiger partial charge >= 0.3 is 0 Å².